The van der Waals surface area contributed by atoms with Crippen molar-refractivity contribution in [3.63, 3.8) is 0 Å². The van der Waals surface area contributed by atoms with Gasteiger partial charge in [-0.25, -0.2) is 0 Å². The largest absolute Gasteiger partial charge is 0.314 e. The van der Waals surface area contributed by atoms with Crippen LogP contribution in [0.25, 0.3) is 0 Å². The lowest BCUT2D eigenvalue weighted by Gasteiger charge is -2.45. The van der Waals surface area contributed by atoms with Crippen LogP contribution in [0.3, 0.4) is 0 Å². The summed E-state index contributed by atoms with van der Waals surface area (Å²) in [4.78, 5) is 0. The zero-order valence-corrected chi connectivity index (χ0v) is 14.0. The van der Waals surface area contributed by atoms with E-state index in [1.54, 1.807) is 0 Å². The number of nitrogens with one attached hydrogen (secondary N) is 1. The molecule has 1 fully saturated rings. The Bertz CT molecular complexity index is 254. The average Bonchev–Trinajstić information content (AvgIpc) is 2.07. The van der Waals surface area contributed by atoms with Crippen LogP contribution in [0.15, 0.2) is 0 Å². The van der Waals surface area contributed by atoms with Crippen molar-refractivity contribution in [2.45, 2.75) is 80.7 Å². The van der Waals surface area contributed by atoms with Gasteiger partial charge in [0, 0.05) is 6.04 Å². The molecule has 18 heavy (non-hydrogen) atoms. The first-order chi connectivity index (χ1) is 7.91. The maximum Gasteiger partial charge on any atom is 0.00773 e. The summed E-state index contributed by atoms with van der Waals surface area (Å²) >= 11 is 0. The minimum atomic E-state index is 0.409. The summed E-state index contributed by atoms with van der Waals surface area (Å²) in [7, 11) is 0. The third-order valence-corrected chi connectivity index (χ3v) is 4.75. The monoisotopic (exact) mass is 253 g/mol. The summed E-state index contributed by atoms with van der Waals surface area (Å²) in [5.41, 5.74) is 1.39. The van der Waals surface area contributed by atoms with Gasteiger partial charge in [-0.2, -0.15) is 0 Å². The molecule has 1 nitrogen and oxygen atoms in total. The fourth-order valence-electron chi connectivity index (χ4n) is 3.64. The van der Waals surface area contributed by atoms with Crippen molar-refractivity contribution in [1.82, 2.24) is 5.32 Å². The van der Waals surface area contributed by atoms with Crippen LogP contribution in [-0.2, 0) is 0 Å². The van der Waals surface area contributed by atoms with E-state index in [2.05, 4.69) is 60.7 Å². The van der Waals surface area contributed by atoms with Crippen molar-refractivity contribution in [1.29, 1.82) is 0 Å². The van der Waals surface area contributed by atoms with Gasteiger partial charge in [-0.15, -0.1) is 0 Å². The first-order valence-electron chi connectivity index (χ1n) is 7.65. The van der Waals surface area contributed by atoms with Crippen molar-refractivity contribution in [2.24, 2.45) is 22.2 Å². The van der Waals surface area contributed by atoms with Gasteiger partial charge < -0.3 is 5.32 Å². The van der Waals surface area contributed by atoms with Crippen LogP contribution >= 0.6 is 0 Å². The zero-order chi connectivity index (χ0) is 14.2. The average molecular weight is 253 g/mol. The standard InChI is InChI=1S/C17H35N/c1-13(15(2,3)4)11-18-14-9-16(5,6)12-17(7,8)10-14/h13-14,18H,9-12H2,1-8H3. The Balaban J connectivity index is 2.52. The van der Waals surface area contributed by atoms with Gasteiger partial charge >= 0.3 is 0 Å². The van der Waals surface area contributed by atoms with Crippen LogP contribution in [0, 0.1) is 22.2 Å². The summed E-state index contributed by atoms with van der Waals surface area (Å²) < 4.78 is 0. The van der Waals surface area contributed by atoms with Crippen LogP contribution in [0.5, 0.6) is 0 Å². The quantitative estimate of drug-likeness (QED) is 0.757. The van der Waals surface area contributed by atoms with Gasteiger partial charge in [0.1, 0.15) is 0 Å². The highest BCUT2D eigenvalue weighted by Gasteiger charge is 2.38. The highest BCUT2D eigenvalue weighted by atomic mass is 14.9. The predicted octanol–water partition coefficient (Wildman–Crippen LogP) is 4.86. The Morgan fingerprint density at radius 1 is 1.06 bits per heavy atom. The van der Waals surface area contributed by atoms with Gasteiger partial charge in [0.15, 0.2) is 0 Å². The summed E-state index contributed by atoms with van der Waals surface area (Å²) in [5, 5.41) is 3.84. The van der Waals surface area contributed by atoms with Crippen LogP contribution < -0.4 is 5.32 Å². The molecule has 1 unspecified atom stereocenters. The summed E-state index contributed by atoms with van der Waals surface area (Å²) in [6.07, 6.45) is 4.01. The Morgan fingerprint density at radius 3 is 1.89 bits per heavy atom. The normalized spacial score (nSPS) is 26.0. The molecular weight excluding hydrogens is 218 g/mol. The molecule has 1 aliphatic carbocycles. The van der Waals surface area contributed by atoms with E-state index >= 15 is 0 Å². The van der Waals surface area contributed by atoms with Crippen LogP contribution in [0.1, 0.15) is 74.7 Å². The lowest BCUT2D eigenvalue weighted by Crippen LogP contribution is -2.46. The second-order valence-corrected chi connectivity index (χ2v) is 9.29. The molecule has 0 amide bonds. The second-order valence-electron chi connectivity index (χ2n) is 9.29. The van der Waals surface area contributed by atoms with E-state index in [1.165, 1.54) is 19.3 Å². The van der Waals surface area contributed by atoms with Gasteiger partial charge in [-0.05, 0) is 48.0 Å². The minimum absolute atomic E-state index is 0.409. The van der Waals surface area contributed by atoms with E-state index in [-0.39, 0.29) is 0 Å². The molecule has 1 rings (SSSR count). The van der Waals surface area contributed by atoms with E-state index in [0.29, 0.717) is 22.3 Å². The van der Waals surface area contributed by atoms with Gasteiger partial charge in [0.05, 0.1) is 0 Å². The van der Waals surface area contributed by atoms with E-state index < -0.39 is 0 Å². The highest BCUT2D eigenvalue weighted by molar-refractivity contribution is 4.92. The van der Waals surface area contributed by atoms with Gasteiger partial charge in [0.25, 0.3) is 0 Å². The molecule has 0 aromatic carbocycles. The number of hydrogen-bond donors (Lipinski definition) is 1. The molecule has 0 aromatic rings. The van der Waals surface area contributed by atoms with Crippen molar-refractivity contribution < 1.29 is 0 Å². The zero-order valence-electron chi connectivity index (χ0n) is 14.0. The van der Waals surface area contributed by atoms with Crippen molar-refractivity contribution in [3.05, 3.63) is 0 Å². The fraction of sp³-hybridized carbons (Fsp3) is 1.00. The first-order valence-corrected chi connectivity index (χ1v) is 7.65. The Morgan fingerprint density at radius 2 is 1.50 bits per heavy atom. The topological polar surface area (TPSA) is 12.0 Å². The molecule has 1 aliphatic rings. The molecule has 1 heteroatoms. The minimum Gasteiger partial charge on any atom is -0.314 e. The van der Waals surface area contributed by atoms with Crippen LogP contribution in [0.4, 0.5) is 0 Å². The maximum absolute atomic E-state index is 3.84. The van der Waals surface area contributed by atoms with Crippen LogP contribution in [-0.4, -0.2) is 12.6 Å². The molecule has 1 atom stereocenters. The third-order valence-electron chi connectivity index (χ3n) is 4.75. The van der Waals surface area contributed by atoms with E-state index in [4.69, 9.17) is 0 Å². The number of hydrogen-bond acceptors (Lipinski definition) is 1. The molecule has 1 N–H and O–H groups in total. The molecule has 0 saturated heterocycles. The van der Waals surface area contributed by atoms with Crippen molar-refractivity contribution >= 4 is 0 Å². The molecule has 0 aromatic heterocycles. The Kier molecular flexibility index (Phi) is 4.58. The third kappa shape index (κ3) is 4.91. The molecule has 1 saturated carbocycles. The summed E-state index contributed by atoms with van der Waals surface area (Å²) in [5.74, 6) is 0.727. The predicted molar refractivity (Wildman–Crippen MR) is 81.8 cm³/mol. The lowest BCUT2D eigenvalue weighted by atomic mass is 9.63. The molecule has 0 bridgehead atoms. The van der Waals surface area contributed by atoms with Gasteiger partial charge in [-0.1, -0.05) is 55.4 Å². The van der Waals surface area contributed by atoms with Crippen LogP contribution in [0.2, 0.25) is 0 Å². The highest BCUT2D eigenvalue weighted by Crippen LogP contribution is 2.45. The molecular formula is C17H35N. The molecule has 0 radical (unpaired) electrons. The van der Waals surface area contributed by atoms with E-state index in [0.717, 1.165) is 12.5 Å². The molecule has 108 valence electrons. The number of rotatable bonds is 3. The van der Waals surface area contributed by atoms with Gasteiger partial charge in [-0.3, -0.25) is 0 Å². The SMILES string of the molecule is CC(CNC1CC(C)(C)CC(C)(C)C1)C(C)(C)C. The Labute approximate surface area is 115 Å². The lowest BCUT2D eigenvalue weighted by molar-refractivity contribution is 0.0806. The molecule has 0 spiro atoms. The molecule has 0 aliphatic heterocycles. The van der Waals surface area contributed by atoms with Crippen molar-refractivity contribution in [2.75, 3.05) is 6.54 Å². The first kappa shape index (κ1) is 16.0. The smallest absolute Gasteiger partial charge is 0.00773 e. The van der Waals surface area contributed by atoms with Gasteiger partial charge in [0.2, 0.25) is 0 Å². The maximum atomic E-state index is 3.84. The molecule has 0 heterocycles. The van der Waals surface area contributed by atoms with Crippen molar-refractivity contribution in [3.8, 4) is 0 Å². The second kappa shape index (κ2) is 5.15. The van der Waals surface area contributed by atoms with E-state index in [1.807, 2.05) is 0 Å². The Hall–Kier alpha value is -0.0400. The fourth-order valence-corrected chi connectivity index (χ4v) is 3.64. The van der Waals surface area contributed by atoms with E-state index in [9.17, 15) is 0 Å². The summed E-state index contributed by atoms with van der Waals surface area (Å²) in [6.45, 7) is 20.2. The summed E-state index contributed by atoms with van der Waals surface area (Å²) in [6, 6.07) is 0.702.